The largest absolute Gasteiger partial charge is 0.244 e. The molecule has 0 saturated carbocycles. The molecule has 1 aliphatic rings. The van der Waals surface area contributed by atoms with Crippen LogP contribution in [0.5, 0.6) is 0 Å². The van der Waals surface area contributed by atoms with E-state index in [1.165, 1.54) is 0 Å². The Morgan fingerprint density at radius 3 is 2.74 bits per heavy atom. The Hall–Kier alpha value is -0.390. The van der Waals surface area contributed by atoms with Gasteiger partial charge in [-0.05, 0) is 59.8 Å². The summed E-state index contributed by atoms with van der Waals surface area (Å²) in [6.45, 7) is 4.65. The third kappa shape index (κ3) is 3.03. The van der Waals surface area contributed by atoms with Crippen molar-refractivity contribution in [1.82, 2.24) is 4.31 Å². The first-order valence-corrected chi connectivity index (χ1v) is 8.98. The van der Waals surface area contributed by atoms with E-state index in [0.717, 1.165) is 31.2 Å². The summed E-state index contributed by atoms with van der Waals surface area (Å²) in [5.41, 5.74) is 1.05. The molecular formula is C14H20BrNO2S. The minimum atomic E-state index is -3.38. The monoisotopic (exact) mass is 345 g/mol. The molecule has 1 aromatic rings. The molecule has 0 amide bonds. The maximum Gasteiger partial charge on any atom is 0.244 e. The molecule has 5 heteroatoms. The van der Waals surface area contributed by atoms with E-state index < -0.39 is 10.0 Å². The summed E-state index contributed by atoms with van der Waals surface area (Å²) in [6.07, 6.45) is 3.93. The second kappa shape index (κ2) is 5.94. The molecule has 1 atom stereocenters. The summed E-state index contributed by atoms with van der Waals surface area (Å²) in [7, 11) is -3.38. The molecule has 1 fully saturated rings. The van der Waals surface area contributed by atoms with Gasteiger partial charge in [-0.2, -0.15) is 4.31 Å². The third-order valence-electron chi connectivity index (χ3n) is 3.72. The van der Waals surface area contributed by atoms with E-state index in [4.69, 9.17) is 0 Å². The van der Waals surface area contributed by atoms with Gasteiger partial charge in [-0.1, -0.05) is 19.4 Å². The van der Waals surface area contributed by atoms with Crippen LogP contribution < -0.4 is 0 Å². The van der Waals surface area contributed by atoms with Crippen LogP contribution in [0.15, 0.2) is 27.6 Å². The number of piperidine rings is 1. The van der Waals surface area contributed by atoms with Gasteiger partial charge in [0.2, 0.25) is 10.0 Å². The maximum absolute atomic E-state index is 12.8. The number of nitrogens with zero attached hydrogens (tertiary/aromatic N) is 1. The van der Waals surface area contributed by atoms with Crippen LogP contribution in [0.4, 0.5) is 0 Å². The van der Waals surface area contributed by atoms with Crippen molar-refractivity contribution in [3.63, 3.8) is 0 Å². The Morgan fingerprint density at radius 1 is 1.37 bits per heavy atom. The maximum atomic E-state index is 12.8. The van der Waals surface area contributed by atoms with Gasteiger partial charge >= 0.3 is 0 Å². The first-order valence-electron chi connectivity index (χ1n) is 6.75. The average Bonchev–Trinajstić information content (AvgIpc) is 2.38. The minimum absolute atomic E-state index is 0.145. The van der Waals surface area contributed by atoms with Crippen molar-refractivity contribution >= 4 is 26.0 Å². The molecule has 0 spiro atoms. The Kier molecular flexibility index (Phi) is 4.69. The van der Waals surface area contributed by atoms with Crippen LogP contribution in [-0.2, 0) is 10.0 Å². The van der Waals surface area contributed by atoms with Crippen LogP contribution >= 0.6 is 15.9 Å². The first-order chi connectivity index (χ1) is 8.96. The lowest BCUT2D eigenvalue weighted by atomic mass is 10.0. The lowest BCUT2D eigenvalue weighted by Gasteiger charge is -2.34. The SMILES string of the molecule is CCC1CCCCN1S(=O)(=O)c1ccc(C)cc1Br. The Morgan fingerprint density at radius 2 is 2.11 bits per heavy atom. The second-order valence-corrected chi connectivity index (χ2v) is 7.82. The highest BCUT2D eigenvalue weighted by Gasteiger charge is 2.33. The molecule has 2 rings (SSSR count). The summed E-state index contributed by atoms with van der Waals surface area (Å²) in [4.78, 5) is 0.387. The molecule has 1 unspecified atom stereocenters. The standard InChI is InChI=1S/C14H20BrNO2S/c1-3-12-6-4-5-9-16(12)19(17,18)14-8-7-11(2)10-13(14)15/h7-8,10,12H,3-6,9H2,1-2H3. The number of halogens is 1. The molecule has 1 aromatic carbocycles. The van der Waals surface area contributed by atoms with Crippen molar-refractivity contribution in [2.24, 2.45) is 0 Å². The molecule has 0 aromatic heterocycles. The zero-order chi connectivity index (χ0) is 14.0. The molecule has 1 heterocycles. The zero-order valence-electron chi connectivity index (χ0n) is 11.4. The molecule has 0 aliphatic carbocycles. The molecule has 0 N–H and O–H groups in total. The summed E-state index contributed by atoms with van der Waals surface area (Å²) in [5.74, 6) is 0. The average molecular weight is 346 g/mol. The highest BCUT2D eigenvalue weighted by atomic mass is 79.9. The summed E-state index contributed by atoms with van der Waals surface area (Å²) in [6, 6.07) is 5.56. The van der Waals surface area contributed by atoms with Crippen molar-refractivity contribution in [2.45, 2.75) is 50.5 Å². The van der Waals surface area contributed by atoms with Gasteiger partial charge in [0, 0.05) is 17.1 Å². The highest BCUT2D eigenvalue weighted by Crippen LogP contribution is 2.31. The molecule has 1 aliphatic heterocycles. The number of hydrogen-bond donors (Lipinski definition) is 0. The van der Waals surface area contributed by atoms with E-state index in [9.17, 15) is 8.42 Å². The normalized spacial score (nSPS) is 21.5. The van der Waals surface area contributed by atoms with Gasteiger partial charge in [0.1, 0.15) is 0 Å². The van der Waals surface area contributed by atoms with Gasteiger partial charge in [-0.3, -0.25) is 0 Å². The molecule has 19 heavy (non-hydrogen) atoms. The van der Waals surface area contributed by atoms with Crippen LogP contribution in [0, 0.1) is 6.92 Å². The molecule has 106 valence electrons. The first kappa shape index (κ1) is 15.0. The van der Waals surface area contributed by atoms with Crippen LogP contribution in [0.3, 0.4) is 0 Å². The van der Waals surface area contributed by atoms with Gasteiger partial charge in [0.15, 0.2) is 0 Å². The van der Waals surface area contributed by atoms with Gasteiger partial charge in [-0.15, -0.1) is 0 Å². The van der Waals surface area contributed by atoms with Crippen molar-refractivity contribution in [3.05, 3.63) is 28.2 Å². The van der Waals surface area contributed by atoms with E-state index in [0.29, 0.717) is 15.9 Å². The van der Waals surface area contributed by atoms with E-state index in [1.807, 2.05) is 19.1 Å². The van der Waals surface area contributed by atoms with Crippen LogP contribution in [-0.4, -0.2) is 25.3 Å². The predicted octanol–water partition coefficient (Wildman–Crippen LogP) is 3.71. The quantitative estimate of drug-likeness (QED) is 0.837. The van der Waals surface area contributed by atoms with Gasteiger partial charge in [-0.25, -0.2) is 8.42 Å². The fourth-order valence-corrected chi connectivity index (χ4v) is 5.56. The number of benzene rings is 1. The summed E-state index contributed by atoms with van der Waals surface area (Å²) < 4.78 is 27.9. The number of sulfonamides is 1. The lowest BCUT2D eigenvalue weighted by molar-refractivity contribution is 0.246. The van der Waals surface area contributed by atoms with E-state index in [1.54, 1.807) is 10.4 Å². The third-order valence-corrected chi connectivity index (χ3v) is 6.65. The zero-order valence-corrected chi connectivity index (χ0v) is 13.8. The van der Waals surface area contributed by atoms with E-state index in [2.05, 4.69) is 22.9 Å². The van der Waals surface area contributed by atoms with Crippen molar-refractivity contribution < 1.29 is 8.42 Å². The number of aryl methyl sites for hydroxylation is 1. The molecule has 0 radical (unpaired) electrons. The molecule has 1 saturated heterocycles. The summed E-state index contributed by atoms with van der Waals surface area (Å²) in [5, 5.41) is 0. The minimum Gasteiger partial charge on any atom is -0.207 e. The van der Waals surface area contributed by atoms with Gasteiger partial charge < -0.3 is 0 Å². The second-order valence-electron chi connectivity index (χ2n) is 5.11. The van der Waals surface area contributed by atoms with E-state index in [-0.39, 0.29) is 6.04 Å². The van der Waals surface area contributed by atoms with Crippen LogP contribution in [0.2, 0.25) is 0 Å². The Labute approximate surface area is 124 Å². The fraction of sp³-hybridized carbons (Fsp3) is 0.571. The van der Waals surface area contributed by atoms with Crippen molar-refractivity contribution in [2.75, 3.05) is 6.54 Å². The fourth-order valence-electron chi connectivity index (χ4n) is 2.64. The van der Waals surface area contributed by atoms with Crippen molar-refractivity contribution in [1.29, 1.82) is 0 Å². The summed E-state index contributed by atoms with van der Waals surface area (Å²) >= 11 is 3.39. The number of rotatable bonds is 3. The van der Waals surface area contributed by atoms with Crippen LogP contribution in [0.25, 0.3) is 0 Å². The van der Waals surface area contributed by atoms with Gasteiger partial charge in [0.25, 0.3) is 0 Å². The van der Waals surface area contributed by atoms with Gasteiger partial charge in [0.05, 0.1) is 4.90 Å². The highest BCUT2D eigenvalue weighted by molar-refractivity contribution is 9.10. The van der Waals surface area contributed by atoms with Crippen molar-refractivity contribution in [3.8, 4) is 0 Å². The predicted molar refractivity (Wildman–Crippen MR) is 80.7 cm³/mol. The number of hydrogen-bond acceptors (Lipinski definition) is 2. The van der Waals surface area contributed by atoms with Crippen LogP contribution in [0.1, 0.15) is 38.2 Å². The molecular weight excluding hydrogens is 326 g/mol. The smallest absolute Gasteiger partial charge is 0.207 e. The Bertz CT molecular complexity index is 557. The Balaban J connectivity index is 2.40. The lowest BCUT2D eigenvalue weighted by Crippen LogP contribution is -2.43. The topological polar surface area (TPSA) is 37.4 Å². The van der Waals surface area contributed by atoms with E-state index >= 15 is 0 Å². The molecule has 3 nitrogen and oxygen atoms in total. The molecule has 0 bridgehead atoms.